The number of aliphatic carboxylic acids is 1. The fraction of sp³-hybridized carbons (Fsp3) is 0.846. The van der Waals surface area contributed by atoms with Crippen LogP contribution in [-0.2, 0) is 14.3 Å². The molecule has 0 spiro atoms. The molecule has 0 aliphatic carbocycles. The second-order valence-electron chi connectivity index (χ2n) is 12.8. The molecule has 0 aliphatic heterocycles. The number of allylic oxidation sites excluding steroid dienone is 4. The van der Waals surface area contributed by atoms with E-state index in [0.717, 1.165) is 32.1 Å². The van der Waals surface area contributed by atoms with Crippen molar-refractivity contribution in [1.82, 2.24) is 0 Å². The van der Waals surface area contributed by atoms with Crippen LogP contribution in [0.1, 0.15) is 206 Å². The van der Waals surface area contributed by atoms with Gasteiger partial charge in [-0.05, 0) is 51.4 Å². The molecule has 1 unspecified atom stereocenters. The van der Waals surface area contributed by atoms with E-state index in [1.807, 2.05) is 0 Å². The Balaban J connectivity index is 3.63. The molecule has 0 aromatic rings. The number of esters is 1. The van der Waals surface area contributed by atoms with Crippen molar-refractivity contribution in [2.24, 2.45) is 0 Å². The summed E-state index contributed by atoms with van der Waals surface area (Å²) >= 11 is 0. The second kappa shape index (κ2) is 34.9. The van der Waals surface area contributed by atoms with Gasteiger partial charge in [0.05, 0.1) is 6.42 Å². The van der Waals surface area contributed by atoms with Gasteiger partial charge in [-0.3, -0.25) is 9.59 Å². The van der Waals surface area contributed by atoms with Crippen LogP contribution < -0.4 is 0 Å². The normalized spacial score (nSPS) is 12.4. The Labute approximate surface area is 267 Å². The molecule has 0 amide bonds. The number of carbonyl (C=O) groups excluding carboxylic acids is 1. The minimum atomic E-state index is -0.880. The number of hydrogen-bond donors (Lipinski definition) is 1. The van der Waals surface area contributed by atoms with Gasteiger partial charge in [-0.15, -0.1) is 0 Å². The van der Waals surface area contributed by atoms with Crippen molar-refractivity contribution < 1.29 is 19.4 Å². The standard InChI is InChI=1S/C39H72O4/c1-3-5-7-9-11-13-15-17-18-19-20-21-22-23-25-27-29-31-33-35-39(42)43-37(36-38(40)41)34-32-30-28-26-24-16-14-12-10-8-6-4-2/h11,13,17-18,37H,3-10,12,14-16,19-36H2,1-2H3,(H,40,41)/b13-11-,18-17-. The highest BCUT2D eigenvalue weighted by Gasteiger charge is 2.17. The molecule has 0 radical (unpaired) electrons. The SMILES string of the molecule is CCCCC/C=C\C/C=C\CCCCCCCCCCCC(=O)OC(CCCCCCCCCCCCCC)CC(=O)O. The van der Waals surface area contributed by atoms with Gasteiger partial charge >= 0.3 is 11.9 Å². The van der Waals surface area contributed by atoms with Crippen molar-refractivity contribution in [3.63, 3.8) is 0 Å². The number of unbranched alkanes of at least 4 members (excludes halogenated alkanes) is 23. The van der Waals surface area contributed by atoms with E-state index in [9.17, 15) is 14.7 Å². The number of hydrogen-bond acceptors (Lipinski definition) is 3. The van der Waals surface area contributed by atoms with E-state index in [4.69, 9.17) is 4.74 Å². The quantitative estimate of drug-likeness (QED) is 0.0451. The first-order chi connectivity index (χ1) is 21.1. The molecule has 0 saturated heterocycles. The van der Waals surface area contributed by atoms with Gasteiger partial charge in [-0.2, -0.15) is 0 Å². The van der Waals surface area contributed by atoms with Crippen LogP contribution in [0.25, 0.3) is 0 Å². The predicted octanol–water partition coefficient (Wildman–Crippen LogP) is 12.8. The number of carboxylic acids is 1. The van der Waals surface area contributed by atoms with Crippen molar-refractivity contribution in [1.29, 1.82) is 0 Å². The zero-order valence-corrected chi connectivity index (χ0v) is 28.8. The van der Waals surface area contributed by atoms with Crippen molar-refractivity contribution in [3.05, 3.63) is 24.3 Å². The summed E-state index contributed by atoms with van der Waals surface area (Å²) in [6.45, 7) is 4.51. The molecule has 0 aromatic carbocycles. The first-order valence-corrected chi connectivity index (χ1v) is 18.8. The molecule has 4 heteroatoms. The highest BCUT2D eigenvalue weighted by Crippen LogP contribution is 2.17. The summed E-state index contributed by atoms with van der Waals surface area (Å²) in [7, 11) is 0. The number of ether oxygens (including phenoxy) is 1. The third kappa shape index (κ3) is 34.8. The molecule has 0 fully saturated rings. The van der Waals surface area contributed by atoms with E-state index < -0.39 is 12.1 Å². The average Bonchev–Trinajstić information content (AvgIpc) is 2.98. The van der Waals surface area contributed by atoms with Gasteiger partial charge in [-0.1, -0.05) is 167 Å². The Kier molecular flexibility index (Phi) is 33.6. The Morgan fingerprint density at radius 3 is 1.42 bits per heavy atom. The number of carboxylic acid groups (broad SMARTS) is 1. The largest absolute Gasteiger partial charge is 0.481 e. The van der Waals surface area contributed by atoms with E-state index in [1.54, 1.807) is 0 Å². The van der Waals surface area contributed by atoms with Gasteiger partial charge in [-0.25, -0.2) is 0 Å². The number of carbonyl (C=O) groups is 2. The Morgan fingerprint density at radius 2 is 0.930 bits per heavy atom. The lowest BCUT2D eigenvalue weighted by atomic mass is 10.0. The van der Waals surface area contributed by atoms with E-state index in [1.165, 1.54) is 141 Å². The molecule has 0 aromatic heterocycles. The first kappa shape index (κ1) is 41.4. The molecule has 252 valence electrons. The van der Waals surface area contributed by atoms with Crippen molar-refractivity contribution in [3.8, 4) is 0 Å². The second-order valence-corrected chi connectivity index (χ2v) is 12.8. The molecule has 1 atom stereocenters. The maximum Gasteiger partial charge on any atom is 0.307 e. The van der Waals surface area contributed by atoms with Crippen molar-refractivity contribution in [2.45, 2.75) is 213 Å². The molecule has 4 nitrogen and oxygen atoms in total. The van der Waals surface area contributed by atoms with E-state index in [-0.39, 0.29) is 12.4 Å². The molecule has 0 rings (SSSR count). The molecular formula is C39H72O4. The van der Waals surface area contributed by atoms with Crippen molar-refractivity contribution in [2.75, 3.05) is 0 Å². The Hall–Kier alpha value is -1.58. The van der Waals surface area contributed by atoms with Crippen LogP contribution in [0.3, 0.4) is 0 Å². The molecule has 43 heavy (non-hydrogen) atoms. The third-order valence-corrected chi connectivity index (χ3v) is 8.41. The molecule has 0 aliphatic rings. The molecule has 1 N–H and O–H groups in total. The zero-order chi connectivity index (χ0) is 31.5. The van der Waals surface area contributed by atoms with E-state index >= 15 is 0 Å². The summed E-state index contributed by atoms with van der Waals surface area (Å²) in [5.41, 5.74) is 0. The highest BCUT2D eigenvalue weighted by molar-refractivity contribution is 5.71. The minimum absolute atomic E-state index is 0.0728. The van der Waals surface area contributed by atoms with Gasteiger partial charge in [0, 0.05) is 6.42 Å². The van der Waals surface area contributed by atoms with Gasteiger partial charge < -0.3 is 9.84 Å². The molecule has 0 heterocycles. The van der Waals surface area contributed by atoms with Crippen LogP contribution in [0.15, 0.2) is 24.3 Å². The lowest BCUT2D eigenvalue weighted by Crippen LogP contribution is -2.21. The zero-order valence-electron chi connectivity index (χ0n) is 28.8. The van der Waals surface area contributed by atoms with Crippen LogP contribution >= 0.6 is 0 Å². The summed E-state index contributed by atoms with van der Waals surface area (Å²) in [4.78, 5) is 23.6. The predicted molar refractivity (Wildman–Crippen MR) is 186 cm³/mol. The fourth-order valence-electron chi connectivity index (χ4n) is 5.64. The first-order valence-electron chi connectivity index (χ1n) is 18.8. The number of rotatable bonds is 34. The Bertz CT molecular complexity index is 654. The van der Waals surface area contributed by atoms with Gasteiger partial charge in [0.25, 0.3) is 0 Å². The van der Waals surface area contributed by atoms with Gasteiger partial charge in [0.1, 0.15) is 6.10 Å². The maximum absolute atomic E-state index is 12.3. The topological polar surface area (TPSA) is 63.6 Å². The summed E-state index contributed by atoms with van der Waals surface area (Å²) in [6, 6.07) is 0. The van der Waals surface area contributed by atoms with Crippen molar-refractivity contribution >= 4 is 11.9 Å². The lowest BCUT2D eigenvalue weighted by molar-refractivity contribution is -0.153. The van der Waals surface area contributed by atoms with E-state index in [2.05, 4.69) is 38.2 Å². The summed E-state index contributed by atoms with van der Waals surface area (Å²) < 4.78 is 5.57. The Morgan fingerprint density at radius 1 is 0.535 bits per heavy atom. The summed E-state index contributed by atoms with van der Waals surface area (Å²) in [6.07, 6.45) is 43.4. The maximum atomic E-state index is 12.3. The average molecular weight is 605 g/mol. The highest BCUT2D eigenvalue weighted by atomic mass is 16.5. The fourth-order valence-corrected chi connectivity index (χ4v) is 5.64. The molecule has 0 bridgehead atoms. The smallest absolute Gasteiger partial charge is 0.307 e. The van der Waals surface area contributed by atoms with E-state index in [0.29, 0.717) is 12.8 Å². The van der Waals surface area contributed by atoms with Crippen LogP contribution in [-0.4, -0.2) is 23.1 Å². The molecule has 0 saturated carbocycles. The summed E-state index contributed by atoms with van der Waals surface area (Å²) in [5.74, 6) is -1.10. The lowest BCUT2D eigenvalue weighted by Gasteiger charge is -2.16. The van der Waals surface area contributed by atoms with Crippen LogP contribution in [0.5, 0.6) is 0 Å². The summed E-state index contributed by atoms with van der Waals surface area (Å²) in [5, 5.41) is 9.24. The van der Waals surface area contributed by atoms with Gasteiger partial charge in [0.15, 0.2) is 0 Å². The monoisotopic (exact) mass is 605 g/mol. The van der Waals surface area contributed by atoms with Crippen LogP contribution in [0.4, 0.5) is 0 Å². The minimum Gasteiger partial charge on any atom is -0.481 e. The van der Waals surface area contributed by atoms with Gasteiger partial charge in [0.2, 0.25) is 0 Å². The molecular weight excluding hydrogens is 532 g/mol. The van der Waals surface area contributed by atoms with Crippen LogP contribution in [0, 0.1) is 0 Å². The van der Waals surface area contributed by atoms with Crippen LogP contribution in [0.2, 0.25) is 0 Å². The third-order valence-electron chi connectivity index (χ3n) is 8.41.